The molecule has 108 valence electrons. The number of hydrogen-bond acceptors (Lipinski definition) is 3. The van der Waals surface area contributed by atoms with Gasteiger partial charge in [-0.15, -0.1) is 0 Å². The highest BCUT2D eigenvalue weighted by Gasteiger charge is 2.42. The van der Waals surface area contributed by atoms with Gasteiger partial charge in [-0.3, -0.25) is 5.32 Å². The van der Waals surface area contributed by atoms with Crippen molar-refractivity contribution < 1.29 is 0 Å². The quantitative estimate of drug-likeness (QED) is 0.767. The van der Waals surface area contributed by atoms with E-state index in [0.29, 0.717) is 5.92 Å². The minimum absolute atomic E-state index is 0.226. The van der Waals surface area contributed by atoms with E-state index in [1.807, 2.05) is 0 Å². The molecule has 0 amide bonds. The fourth-order valence-electron chi connectivity index (χ4n) is 3.61. The van der Waals surface area contributed by atoms with Gasteiger partial charge in [-0.05, 0) is 64.6 Å². The third kappa shape index (κ3) is 3.30. The highest BCUT2D eigenvalue weighted by Crippen LogP contribution is 2.38. The van der Waals surface area contributed by atoms with Crippen molar-refractivity contribution in [3.8, 4) is 6.07 Å². The highest BCUT2D eigenvalue weighted by molar-refractivity contribution is 5.14. The Balaban J connectivity index is 1.84. The molecule has 0 aromatic heterocycles. The molecule has 2 atom stereocenters. The SMILES string of the molecule is CCCNC1(C#N)CCCC1CCN(C)C1CCC1. The van der Waals surface area contributed by atoms with Crippen LogP contribution in [-0.4, -0.2) is 36.6 Å². The number of rotatable bonds is 7. The third-order valence-electron chi connectivity index (χ3n) is 5.24. The lowest BCUT2D eigenvalue weighted by atomic mass is 9.85. The maximum atomic E-state index is 9.62. The summed E-state index contributed by atoms with van der Waals surface area (Å²) in [6, 6.07) is 3.43. The molecule has 0 heterocycles. The Morgan fingerprint density at radius 1 is 1.32 bits per heavy atom. The van der Waals surface area contributed by atoms with E-state index in [4.69, 9.17) is 0 Å². The summed E-state index contributed by atoms with van der Waals surface area (Å²) in [5.74, 6) is 0.548. The summed E-state index contributed by atoms with van der Waals surface area (Å²) in [5.41, 5.74) is -0.226. The lowest BCUT2D eigenvalue weighted by molar-refractivity contribution is 0.143. The normalized spacial score (nSPS) is 31.4. The van der Waals surface area contributed by atoms with E-state index in [-0.39, 0.29) is 5.54 Å². The second kappa shape index (κ2) is 6.72. The zero-order valence-electron chi connectivity index (χ0n) is 12.6. The van der Waals surface area contributed by atoms with Crippen LogP contribution in [0.3, 0.4) is 0 Å². The van der Waals surface area contributed by atoms with Gasteiger partial charge in [0.15, 0.2) is 0 Å². The Morgan fingerprint density at radius 3 is 2.68 bits per heavy atom. The molecule has 0 aliphatic heterocycles. The zero-order chi connectivity index (χ0) is 13.7. The monoisotopic (exact) mass is 263 g/mol. The molecule has 3 heteroatoms. The zero-order valence-corrected chi connectivity index (χ0v) is 12.6. The van der Waals surface area contributed by atoms with Crippen molar-refractivity contribution >= 4 is 0 Å². The van der Waals surface area contributed by atoms with Crippen LogP contribution in [0, 0.1) is 17.2 Å². The summed E-state index contributed by atoms with van der Waals surface area (Å²) < 4.78 is 0. The molecular formula is C16H29N3. The molecule has 2 aliphatic carbocycles. The first-order valence-corrected chi connectivity index (χ1v) is 8.08. The molecule has 0 bridgehead atoms. The standard InChI is InChI=1S/C16H29N3/c1-3-11-18-16(13-17)10-5-6-14(16)9-12-19(2)15-7-4-8-15/h14-15,18H,3-12H2,1-2H3. The predicted molar refractivity (Wildman–Crippen MR) is 78.9 cm³/mol. The highest BCUT2D eigenvalue weighted by atomic mass is 15.1. The van der Waals surface area contributed by atoms with Crippen LogP contribution >= 0.6 is 0 Å². The van der Waals surface area contributed by atoms with Gasteiger partial charge in [-0.1, -0.05) is 19.8 Å². The summed E-state index contributed by atoms with van der Waals surface area (Å²) in [4.78, 5) is 2.52. The van der Waals surface area contributed by atoms with Gasteiger partial charge in [-0.25, -0.2) is 0 Å². The Bertz CT molecular complexity index is 318. The van der Waals surface area contributed by atoms with Gasteiger partial charge in [0.2, 0.25) is 0 Å². The first kappa shape index (κ1) is 14.8. The van der Waals surface area contributed by atoms with Crippen LogP contribution in [0.1, 0.15) is 58.3 Å². The van der Waals surface area contributed by atoms with E-state index < -0.39 is 0 Å². The number of nitrogens with zero attached hydrogens (tertiary/aromatic N) is 2. The van der Waals surface area contributed by atoms with Crippen molar-refractivity contribution in [2.45, 2.75) is 69.9 Å². The molecule has 0 aromatic carbocycles. The fraction of sp³-hybridized carbons (Fsp3) is 0.938. The second-order valence-corrected chi connectivity index (χ2v) is 6.45. The predicted octanol–water partition coefficient (Wildman–Crippen LogP) is 2.92. The maximum Gasteiger partial charge on any atom is 0.109 e. The molecule has 2 fully saturated rings. The van der Waals surface area contributed by atoms with Crippen molar-refractivity contribution in [2.75, 3.05) is 20.1 Å². The molecule has 19 heavy (non-hydrogen) atoms. The summed E-state index contributed by atoms with van der Waals surface area (Å²) >= 11 is 0. The first-order chi connectivity index (χ1) is 9.22. The summed E-state index contributed by atoms with van der Waals surface area (Å²) in [5, 5.41) is 13.2. The van der Waals surface area contributed by atoms with Crippen LogP contribution in [0.2, 0.25) is 0 Å². The van der Waals surface area contributed by atoms with Crippen LogP contribution in [0.4, 0.5) is 0 Å². The second-order valence-electron chi connectivity index (χ2n) is 6.45. The van der Waals surface area contributed by atoms with Gasteiger partial charge in [-0.2, -0.15) is 5.26 Å². The molecule has 0 radical (unpaired) electrons. The Hall–Kier alpha value is -0.590. The van der Waals surface area contributed by atoms with Crippen molar-refractivity contribution in [1.29, 1.82) is 5.26 Å². The largest absolute Gasteiger partial charge is 0.303 e. The van der Waals surface area contributed by atoms with Gasteiger partial charge in [0.25, 0.3) is 0 Å². The average molecular weight is 263 g/mol. The molecule has 2 unspecified atom stereocenters. The maximum absolute atomic E-state index is 9.62. The Kier molecular flexibility index (Phi) is 5.24. The van der Waals surface area contributed by atoms with E-state index in [9.17, 15) is 5.26 Å². The topological polar surface area (TPSA) is 39.1 Å². The van der Waals surface area contributed by atoms with Gasteiger partial charge in [0.05, 0.1) is 6.07 Å². The Labute approximate surface area is 118 Å². The van der Waals surface area contributed by atoms with Gasteiger partial charge < -0.3 is 4.90 Å². The van der Waals surface area contributed by atoms with E-state index in [0.717, 1.165) is 32.0 Å². The lowest BCUT2D eigenvalue weighted by Crippen LogP contribution is -2.48. The average Bonchev–Trinajstić information content (AvgIpc) is 2.75. The van der Waals surface area contributed by atoms with E-state index in [1.165, 1.54) is 38.5 Å². The van der Waals surface area contributed by atoms with Gasteiger partial charge >= 0.3 is 0 Å². The van der Waals surface area contributed by atoms with E-state index >= 15 is 0 Å². The Morgan fingerprint density at radius 2 is 2.11 bits per heavy atom. The summed E-state index contributed by atoms with van der Waals surface area (Å²) in [6.45, 7) is 4.31. The van der Waals surface area contributed by atoms with Crippen molar-refractivity contribution in [1.82, 2.24) is 10.2 Å². The van der Waals surface area contributed by atoms with Crippen LogP contribution in [0.25, 0.3) is 0 Å². The van der Waals surface area contributed by atoms with E-state index in [2.05, 4.69) is 30.3 Å². The number of hydrogen-bond donors (Lipinski definition) is 1. The number of nitrogens with one attached hydrogen (secondary N) is 1. The lowest BCUT2D eigenvalue weighted by Gasteiger charge is -2.37. The summed E-state index contributed by atoms with van der Waals surface area (Å²) in [7, 11) is 2.26. The number of nitriles is 1. The molecule has 3 nitrogen and oxygen atoms in total. The minimum atomic E-state index is -0.226. The van der Waals surface area contributed by atoms with Gasteiger partial charge in [0.1, 0.15) is 5.54 Å². The van der Waals surface area contributed by atoms with Crippen LogP contribution in [0.5, 0.6) is 0 Å². The molecule has 1 N–H and O–H groups in total. The first-order valence-electron chi connectivity index (χ1n) is 8.08. The van der Waals surface area contributed by atoms with E-state index in [1.54, 1.807) is 0 Å². The molecule has 2 rings (SSSR count). The molecular weight excluding hydrogens is 234 g/mol. The smallest absolute Gasteiger partial charge is 0.109 e. The van der Waals surface area contributed by atoms with Gasteiger partial charge in [0, 0.05) is 6.04 Å². The van der Waals surface area contributed by atoms with Crippen LogP contribution < -0.4 is 5.32 Å². The third-order valence-corrected chi connectivity index (χ3v) is 5.24. The minimum Gasteiger partial charge on any atom is -0.303 e. The van der Waals surface area contributed by atoms with Crippen molar-refractivity contribution in [3.63, 3.8) is 0 Å². The molecule has 2 saturated carbocycles. The molecule has 0 saturated heterocycles. The fourth-order valence-corrected chi connectivity index (χ4v) is 3.61. The summed E-state index contributed by atoms with van der Waals surface area (Å²) in [6.07, 6.45) is 9.91. The van der Waals surface area contributed by atoms with Crippen LogP contribution in [-0.2, 0) is 0 Å². The molecule has 0 spiro atoms. The van der Waals surface area contributed by atoms with Crippen LogP contribution in [0.15, 0.2) is 0 Å². The molecule has 0 aromatic rings. The van der Waals surface area contributed by atoms with Crippen molar-refractivity contribution in [2.24, 2.45) is 5.92 Å². The molecule has 2 aliphatic rings. The van der Waals surface area contributed by atoms with Crippen molar-refractivity contribution in [3.05, 3.63) is 0 Å².